The van der Waals surface area contributed by atoms with E-state index in [0.29, 0.717) is 5.69 Å². The molecule has 0 unspecified atom stereocenters. The Morgan fingerprint density at radius 2 is 1.46 bits per heavy atom. The van der Waals surface area contributed by atoms with Crippen LogP contribution >= 0.6 is 0 Å². The van der Waals surface area contributed by atoms with E-state index in [0.717, 1.165) is 5.56 Å². The Hall–Kier alpha value is -3.12. The lowest BCUT2D eigenvalue weighted by molar-refractivity contribution is 0.0696. The van der Waals surface area contributed by atoms with E-state index < -0.39 is 16.0 Å². The van der Waals surface area contributed by atoms with Gasteiger partial charge in [0.25, 0.3) is 10.0 Å². The van der Waals surface area contributed by atoms with Gasteiger partial charge in [0.1, 0.15) is 0 Å². The minimum absolute atomic E-state index is 0.0582. The molecule has 0 aliphatic rings. The Labute approximate surface area is 152 Å². The summed E-state index contributed by atoms with van der Waals surface area (Å²) >= 11 is 0. The van der Waals surface area contributed by atoms with Crippen LogP contribution < -0.4 is 4.31 Å². The van der Waals surface area contributed by atoms with Gasteiger partial charge in [-0.25, -0.2) is 13.2 Å². The lowest BCUT2D eigenvalue weighted by Crippen LogP contribution is -2.30. The zero-order chi connectivity index (χ0) is 18.6. The maximum atomic E-state index is 13.2. The Kier molecular flexibility index (Phi) is 5.04. The Morgan fingerprint density at radius 3 is 2.08 bits per heavy atom. The number of anilines is 1. The van der Waals surface area contributed by atoms with Crippen molar-refractivity contribution < 1.29 is 18.3 Å². The zero-order valence-corrected chi connectivity index (χ0v) is 14.6. The second kappa shape index (κ2) is 7.41. The van der Waals surface area contributed by atoms with Crippen molar-refractivity contribution >= 4 is 21.7 Å². The normalized spacial score (nSPS) is 11.1. The molecule has 26 heavy (non-hydrogen) atoms. The maximum absolute atomic E-state index is 13.2. The van der Waals surface area contributed by atoms with Crippen molar-refractivity contribution in [1.82, 2.24) is 0 Å². The van der Waals surface area contributed by atoms with Crippen LogP contribution in [-0.2, 0) is 16.6 Å². The van der Waals surface area contributed by atoms with E-state index in [4.69, 9.17) is 5.11 Å². The Balaban J connectivity index is 2.08. The van der Waals surface area contributed by atoms with Crippen LogP contribution in [0, 0.1) is 0 Å². The molecule has 0 bridgehead atoms. The van der Waals surface area contributed by atoms with E-state index in [1.807, 2.05) is 36.4 Å². The molecule has 6 heteroatoms. The number of carboxylic acid groups (broad SMARTS) is 1. The van der Waals surface area contributed by atoms with Gasteiger partial charge < -0.3 is 5.11 Å². The average Bonchev–Trinajstić information content (AvgIpc) is 2.67. The highest BCUT2D eigenvalue weighted by atomic mass is 32.2. The van der Waals surface area contributed by atoms with Crippen molar-refractivity contribution in [2.75, 3.05) is 4.31 Å². The van der Waals surface area contributed by atoms with Gasteiger partial charge in [0.2, 0.25) is 0 Å². The molecule has 5 nitrogen and oxygen atoms in total. The van der Waals surface area contributed by atoms with Gasteiger partial charge in [-0.3, -0.25) is 4.31 Å². The van der Waals surface area contributed by atoms with E-state index in [2.05, 4.69) is 0 Å². The number of para-hydroxylation sites is 1. The lowest BCUT2D eigenvalue weighted by atomic mass is 10.2. The summed E-state index contributed by atoms with van der Waals surface area (Å²) in [6, 6.07) is 23.4. The molecule has 0 radical (unpaired) electrons. The molecule has 0 saturated carbocycles. The van der Waals surface area contributed by atoms with Gasteiger partial charge in [-0.15, -0.1) is 0 Å². The molecular formula is C20H17NO4S. The van der Waals surface area contributed by atoms with Crippen molar-refractivity contribution in [3.63, 3.8) is 0 Å². The second-order valence-corrected chi connectivity index (χ2v) is 7.53. The molecule has 0 saturated heterocycles. The summed E-state index contributed by atoms with van der Waals surface area (Å²) in [4.78, 5) is 11.1. The number of hydrogen-bond acceptors (Lipinski definition) is 3. The van der Waals surface area contributed by atoms with E-state index in [1.54, 1.807) is 24.3 Å². The first kappa shape index (κ1) is 17.7. The summed E-state index contributed by atoms with van der Waals surface area (Å²) in [5.41, 5.74) is 1.27. The van der Waals surface area contributed by atoms with Crippen molar-refractivity contribution in [2.45, 2.75) is 11.4 Å². The van der Waals surface area contributed by atoms with Crippen LogP contribution in [0.2, 0.25) is 0 Å². The Morgan fingerprint density at radius 1 is 0.846 bits per heavy atom. The Bertz CT molecular complexity index is 1000. The molecule has 0 aliphatic carbocycles. The molecule has 0 heterocycles. The van der Waals surface area contributed by atoms with Crippen molar-refractivity contribution in [1.29, 1.82) is 0 Å². The summed E-state index contributed by atoms with van der Waals surface area (Å²) in [5.74, 6) is -1.17. The van der Waals surface area contributed by atoms with E-state index in [9.17, 15) is 13.2 Å². The summed E-state index contributed by atoms with van der Waals surface area (Å²) in [6.45, 7) is 0.143. The van der Waals surface area contributed by atoms with Crippen molar-refractivity contribution in [2.24, 2.45) is 0 Å². The number of aromatic carboxylic acids is 1. The van der Waals surface area contributed by atoms with Crippen LogP contribution in [-0.4, -0.2) is 19.5 Å². The summed E-state index contributed by atoms with van der Waals surface area (Å²) < 4.78 is 27.8. The quantitative estimate of drug-likeness (QED) is 0.719. The predicted octanol–water partition coefficient (Wildman–Crippen LogP) is 3.78. The first-order valence-corrected chi connectivity index (χ1v) is 9.37. The van der Waals surface area contributed by atoms with Gasteiger partial charge >= 0.3 is 5.97 Å². The lowest BCUT2D eigenvalue weighted by Gasteiger charge is -2.25. The van der Waals surface area contributed by atoms with Crippen LogP contribution in [0.4, 0.5) is 5.69 Å². The highest BCUT2D eigenvalue weighted by Gasteiger charge is 2.26. The molecule has 0 atom stereocenters. The topological polar surface area (TPSA) is 74.7 Å². The number of sulfonamides is 1. The van der Waals surface area contributed by atoms with Gasteiger partial charge in [0, 0.05) is 0 Å². The minimum atomic E-state index is -3.94. The maximum Gasteiger partial charge on any atom is 0.335 e. The number of benzene rings is 3. The third-order valence-corrected chi connectivity index (χ3v) is 5.65. The molecule has 3 rings (SSSR count). The second-order valence-electron chi connectivity index (χ2n) is 5.67. The number of rotatable bonds is 6. The third-order valence-electron chi connectivity index (χ3n) is 3.88. The fourth-order valence-electron chi connectivity index (χ4n) is 2.58. The van der Waals surface area contributed by atoms with E-state index >= 15 is 0 Å². The first-order valence-electron chi connectivity index (χ1n) is 7.93. The number of hydrogen-bond donors (Lipinski definition) is 1. The predicted molar refractivity (Wildman–Crippen MR) is 99.7 cm³/mol. The fourth-order valence-corrected chi connectivity index (χ4v) is 4.07. The zero-order valence-electron chi connectivity index (χ0n) is 13.8. The highest BCUT2D eigenvalue weighted by Crippen LogP contribution is 2.26. The molecule has 0 aliphatic heterocycles. The summed E-state index contributed by atoms with van der Waals surface area (Å²) in [7, 11) is -3.94. The summed E-state index contributed by atoms with van der Waals surface area (Å²) in [6.07, 6.45) is 0. The molecule has 0 spiro atoms. The molecule has 3 aromatic rings. The standard InChI is InChI=1S/C20H17NO4S/c22-20(23)17-10-7-13-19(14-17)26(24,25)21(18-11-5-2-6-12-18)15-16-8-3-1-4-9-16/h1-14H,15H2,(H,22,23). The summed E-state index contributed by atoms with van der Waals surface area (Å²) in [5, 5.41) is 9.16. The monoisotopic (exact) mass is 367 g/mol. The minimum Gasteiger partial charge on any atom is -0.478 e. The molecule has 0 amide bonds. The molecule has 132 valence electrons. The van der Waals surface area contributed by atoms with Crippen LogP contribution in [0.15, 0.2) is 89.8 Å². The van der Waals surface area contributed by atoms with Crippen molar-refractivity contribution in [3.05, 3.63) is 96.1 Å². The average molecular weight is 367 g/mol. The van der Waals surface area contributed by atoms with Gasteiger partial charge in [0.05, 0.1) is 22.7 Å². The SMILES string of the molecule is O=C(O)c1cccc(S(=O)(=O)N(Cc2ccccc2)c2ccccc2)c1. The molecule has 0 fully saturated rings. The fraction of sp³-hybridized carbons (Fsp3) is 0.0500. The van der Waals surface area contributed by atoms with Gasteiger partial charge in [-0.1, -0.05) is 54.6 Å². The third kappa shape index (κ3) is 3.75. The van der Waals surface area contributed by atoms with E-state index in [1.165, 1.54) is 28.6 Å². The van der Waals surface area contributed by atoms with Gasteiger partial charge in [-0.2, -0.15) is 0 Å². The number of carboxylic acids is 1. The van der Waals surface area contributed by atoms with Gasteiger partial charge in [0.15, 0.2) is 0 Å². The molecule has 0 aromatic heterocycles. The smallest absolute Gasteiger partial charge is 0.335 e. The van der Waals surface area contributed by atoms with Crippen LogP contribution in [0.3, 0.4) is 0 Å². The van der Waals surface area contributed by atoms with Crippen LogP contribution in [0.25, 0.3) is 0 Å². The van der Waals surface area contributed by atoms with Crippen molar-refractivity contribution in [3.8, 4) is 0 Å². The van der Waals surface area contributed by atoms with E-state index in [-0.39, 0.29) is 17.0 Å². The molecule has 3 aromatic carbocycles. The number of nitrogens with zero attached hydrogens (tertiary/aromatic N) is 1. The van der Waals surface area contributed by atoms with Gasteiger partial charge in [-0.05, 0) is 35.9 Å². The van der Waals surface area contributed by atoms with Crippen LogP contribution in [0.1, 0.15) is 15.9 Å². The molecular weight excluding hydrogens is 350 g/mol. The highest BCUT2D eigenvalue weighted by molar-refractivity contribution is 7.92. The largest absolute Gasteiger partial charge is 0.478 e. The molecule has 1 N–H and O–H groups in total. The number of carbonyl (C=O) groups is 1. The van der Waals surface area contributed by atoms with Crippen LogP contribution in [0.5, 0.6) is 0 Å². The first-order chi connectivity index (χ1) is 12.5.